The lowest BCUT2D eigenvalue weighted by molar-refractivity contribution is -0.116. The van der Waals surface area contributed by atoms with Crippen LogP contribution in [0.15, 0.2) is 78.4 Å². The van der Waals surface area contributed by atoms with Gasteiger partial charge in [-0.3, -0.25) is 14.8 Å². The standard InChI is InChI=1S/C34H34N4O/c39-33-29(30(23-35-33)26-7-3-1-4-8-26)21-25-11-15-28-31(36-37-32(28)22-25)16-12-24-9-13-27(14-10-24)34(17-18-34)38-19-5-2-6-20-38/h1,3-4,7-16,21-22,30H,2,5-6,17-20,23H2,(H,35,39)(H,36,37)/b16-12+,29-21+. The zero-order valence-electron chi connectivity index (χ0n) is 22.2. The van der Waals surface area contributed by atoms with Gasteiger partial charge in [0.15, 0.2) is 0 Å². The molecule has 7 rings (SSSR count). The minimum Gasteiger partial charge on any atom is -0.351 e. The molecule has 0 radical (unpaired) electrons. The summed E-state index contributed by atoms with van der Waals surface area (Å²) in [6.45, 7) is 3.12. The molecule has 1 aromatic heterocycles. The molecule has 196 valence electrons. The summed E-state index contributed by atoms with van der Waals surface area (Å²) in [5.74, 6) is 0.0717. The number of fused-ring (bicyclic) bond motifs is 1. The molecule has 39 heavy (non-hydrogen) atoms. The highest BCUT2D eigenvalue weighted by Crippen LogP contribution is 2.51. The summed E-state index contributed by atoms with van der Waals surface area (Å²) in [4.78, 5) is 15.3. The SMILES string of the molecule is O=C1NCC(c2ccccc2)/C1=C\c1ccc2c(/C=C/c3ccc(C4(N5CCCCC5)CC4)cc3)n[nH]c2c1. The average molecular weight is 515 g/mol. The molecule has 2 N–H and O–H groups in total. The van der Waals surface area contributed by atoms with Gasteiger partial charge >= 0.3 is 0 Å². The van der Waals surface area contributed by atoms with Crippen molar-refractivity contribution in [3.63, 3.8) is 0 Å². The van der Waals surface area contributed by atoms with Crippen molar-refractivity contribution in [1.82, 2.24) is 20.4 Å². The molecule has 3 aromatic carbocycles. The lowest BCUT2D eigenvalue weighted by Crippen LogP contribution is -2.39. The molecule has 1 amide bonds. The Kier molecular flexibility index (Phi) is 6.16. The van der Waals surface area contributed by atoms with Gasteiger partial charge in [-0.05, 0) is 85.3 Å². The molecule has 0 spiro atoms. The molecule has 1 saturated carbocycles. The molecule has 1 unspecified atom stereocenters. The predicted octanol–water partition coefficient (Wildman–Crippen LogP) is 6.51. The van der Waals surface area contributed by atoms with Crippen LogP contribution in [0.1, 0.15) is 66.0 Å². The fourth-order valence-electron chi connectivity index (χ4n) is 6.48. The maximum absolute atomic E-state index is 12.6. The minimum absolute atomic E-state index is 0.00624. The van der Waals surface area contributed by atoms with E-state index in [1.54, 1.807) is 0 Å². The van der Waals surface area contributed by atoms with Crippen LogP contribution in [-0.2, 0) is 10.3 Å². The van der Waals surface area contributed by atoms with E-state index in [0.29, 0.717) is 12.1 Å². The fraction of sp³-hybridized carbons (Fsp3) is 0.294. The normalized spacial score (nSPS) is 22.1. The van der Waals surface area contributed by atoms with Gasteiger partial charge in [-0.1, -0.05) is 73.2 Å². The first-order valence-electron chi connectivity index (χ1n) is 14.3. The number of H-pyrrole nitrogens is 1. The summed E-state index contributed by atoms with van der Waals surface area (Å²) >= 11 is 0. The summed E-state index contributed by atoms with van der Waals surface area (Å²) in [6.07, 6.45) is 12.9. The monoisotopic (exact) mass is 514 g/mol. The number of aromatic nitrogens is 2. The first-order chi connectivity index (χ1) is 19.2. The van der Waals surface area contributed by atoms with Gasteiger partial charge in [0.2, 0.25) is 5.91 Å². The van der Waals surface area contributed by atoms with Crippen molar-refractivity contribution in [3.8, 4) is 0 Å². The van der Waals surface area contributed by atoms with Crippen LogP contribution in [0.4, 0.5) is 0 Å². The number of amides is 1. The average Bonchev–Trinajstić information content (AvgIpc) is 3.59. The van der Waals surface area contributed by atoms with Crippen LogP contribution in [0.2, 0.25) is 0 Å². The van der Waals surface area contributed by atoms with Crippen LogP contribution in [-0.4, -0.2) is 40.6 Å². The van der Waals surface area contributed by atoms with Gasteiger partial charge in [-0.2, -0.15) is 5.10 Å². The summed E-state index contributed by atoms with van der Waals surface area (Å²) < 4.78 is 0. The van der Waals surface area contributed by atoms with Crippen LogP contribution in [0.3, 0.4) is 0 Å². The van der Waals surface area contributed by atoms with Crippen molar-refractivity contribution in [3.05, 3.63) is 106 Å². The zero-order chi connectivity index (χ0) is 26.2. The highest BCUT2D eigenvalue weighted by atomic mass is 16.2. The molecule has 2 aliphatic heterocycles. The van der Waals surface area contributed by atoms with Crippen molar-refractivity contribution in [2.75, 3.05) is 19.6 Å². The summed E-state index contributed by atoms with van der Waals surface area (Å²) in [7, 11) is 0. The third-order valence-electron chi connectivity index (χ3n) is 8.81. The van der Waals surface area contributed by atoms with E-state index in [1.807, 2.05) is 24.3 Å². The third kappa shape index (κ3) is 4.61. The van der Waals surface area contributed by atoms with Gasteiger partial charge in [0.1, 0.15) is 0 Å². The second-order valence-corrected chi connectivity index (χ2v) is 11.2. The number of carbonyl (C=O) groups excluding carboxylic acids is 1. The van der Waals surface area contributed by atoms with Gasteiger partial charge in [0, 0.05) is 29.0 Å². The van der Waals surface area contributed by atoms with Gasteiger partial charge < -0.3 is 5.32 Å². The molecule has 3 heterocycles. The number of rotatable bonds is 6. The van der Waals surface area contributed by atoms with Crippen LogP contribution >= 0.6 is 0 Å². The van der Waals surface area contributed by atoms with E-state index in [2.05, 4.69) is 87.2 Å². The van der Waals surface area contributed by atoms with Crippen LogP contribution in [0.5, 0.6) is 0 Å². The lowest BCUT2D eigenvalue weighted by atomic mass is 9.92. The molecule has 5 nitrogen and oxygen atoms in total. The number of hydrogen-bond donors (Lipinski definition) is 2. The van der Waals surface area contributed by atoms with Gasteiger partial charge in [0.05, 0.1) is 11.2 Å². The van der Waals surface area contributed by atoms with E-state index < -0.39 is 0 Å². The van der Waals surface area contributed by atoms with Crippen molar-refractivity contribution in [1.29, 1.82) is 0 Å². The summed E-state index contributed by atoms with van der Waals surface area (Å²) in [5.41, 5.74) is 7.79. The molecule has 5 heteroatoms. The molecule has 3 aliphatic rings. The number of nitrogens with one attached hydrogen (secondary N) is 2. The maximum atomic E-state index is 12.6. The van der Waals surface area contributed by atoms with Crippen LogP contribution in [0.25, 0.3) is 29.1 Å². The van der Waals surface area contributed by atoms with Crippen molar-refractivity contribution >= 4 is 35.0 Å². The highest BCUT2D eigenvalue weighted by Gasteiger charge is 2.49. The van der Waals surface area contributed by atoms with Crippen molar-refractivity contribution in [2.24, 2.45) is 0 Å². The van der Waals surface area contributed by atoms with Crippen molar-refractivity contribution < 1.29 is 4.79 Å². The molecule has 4 aromatic rings. The Balaban J connectivity index is 1.09. The Bertz CT molecular complexity index is 1550. The molecular weight excluding hydrogens is 480 g/mol. The number of hydrogen-bond acceptors (Lipinski definition) is 3. The Morgan fingerprint density at radius 3 is 2.41 bits per heavy atom. The van der Waals surface area contributed by atoms with E-state index in [9.17, 15) is 4.79 Å². The Hall–Kier alpha value is -3.96. The van der Waals surface area contributed by atoms with E-state index in [0.717, 1.165) is 33.3 Å². The Labute approximate surface area is 229 Å². The molecular formula is C34H34N4O. The zero-order valence-corrected chi connectivity index (χ0v) is 22.2. The summed E-state index contributed by atoms with van der Waals surface area (Å²) in [5, 5.41) is 11.8. The topological polar surface area (TPSA) is 61.0 Å². The number of aromatic amines is 1. The minimum atomic E-state index is 0.00624. The second kappa shape index (κ2) is 9.97. The first kappa shape index (κ1) is 24.1. The highest BCUT2D eigenvalue weighted by molar-refractivity contribution is 6.02. The number of likely N-dealkylation sites (tertiary alicyclic amines) is 1. The Morgan fingerprint density at radius 2 is 1.64 bits per heavy atom. The molecule has 1 atom stereocenters. The number of nitrogens with zero attached hydrogens (tertiary/aromatic N) is 2. The number of piperidine rings is 1. The smallest absolute Gasteiger partial charge is 0.247 e. The van der Waals surface area contributed by atoms with E-state index in [-0.39, 0.29) is 11.8 Å². The number of carbonyl (C=O) groups is 1. The Morgan fingerprint density at radius 1 is 0.872 bits per heavy atom. The van der Waals surface area contributed by atoms with Crippen LogP contribution in [0, 0.1) is 0 Å². The second-order valence-electron chi connectivity index (χ2n) is 11.2. The quantitative estimate of drug-likeness (QED) is 0.289. The van der Waals surface area contributed by atoms with Crippen molar-refractivity contribution in [2.45, 2.75) is 43.6 Å². The van der Waals surface area contributed by atoms with E-state index >= 15 is 0 Å². The maximum Gasteiger partial charge on any atom is 0.247 e. The predicted molar refractivity (Wildman–Crippen MR) is 158 cm³/mol. The first-order valence-corrected chi connectivity index (χ1v) is 14.3. The van der Waals surface area contributed by atoms with E-state index in [1.165, 1.54) is 56.3 Å². The summed E-state index contributed by atoms with van der Waals surface area (Å²) in [6, 6.07) is 25.6. The lowest BCUT2D eigenvalue weighted by Gasteiger charge is -2.35. The van der Waals surface area contributed by atoms with Crippen LogP contribution < -0.4 is 5.32 Å². The van der Waals surface area contributed by atoms with Gasteiger partial charge in [-0.25, -0.2) is 0 Å². The van der Waals surface area contributed by atoms with E-state index in [4.69, 9.17) is 0 Å². The van der Waals surface area contributed by atoms with Gasteiger partial charge in [-0.15, -0.1) is 0 Å². The molecule has 3 fully saturated rings. The molecule has 0 bridgehead atoms. The molecule has 1 aliphatic carbocycles. The van der Waals surface area contributed by atoms with Gasteiger partial charge in [0.25, 0.3) is 0 Å². The third-order valence-corrected chi connectivity index (χ3v) is 8.81. The number of benzene rings is 3. The fourth-order valence-corrected chi connectivity index (χ4v) is 6.48. The molecule has 2 saturated heterocycles. The largest absolute Gasteiger partial charge is 0.351 e.